The van der Waals surface area contributed by atoms with Gasteiger partial charge in [0.2, 0.25) is 5.91 Å². The zero-order valence-corrected chi connectivity index (χ0v) is 19.6. The molecule has 0 unspecified atom stereocenters. The van der Waals surface area contributed by atoms with Crippen molar-refractivity contribution in [3.8, 4) is 5.82 Å². The molecule has 184 valence electrons. The maximum atomic E-state index is 12.9. The van der Waals surface area contributed by atoms with E-state index < -0.39 is 17.6 Å². The van der Waals surface area contributed by atoms with Crippen LogP contribution < -0.4 is 5.32 Å². The zero-order chi connectivity index (χ0) is 25.3. The molecule has 11 heteroatoms. The maximum Gasteiger partial charge on any atom is 0.417 e. The van der Waals surface area contributed by atoms with E-state index in [2.05, 4.69) is 20.4 Å². The van der Waals surface area contributed by atoms with Gasteiger partial charge in [-0.15, -0.1) is 0 Å². The van der Waals surface area contributed by atoms with E-state index in [0.29, 0.717) is 24.5 Å². The second-order valence-corrected chi connectivity index (χ2v) is 8.62. The van der Waals surface area contributed by atoms with Crippen LogP contribution in [0.25, 0.3) is 5.82 Å². The Morgan fingerprint density at radius 2 is 1.77 bits per heavy atom. The second kappa shape index (κ2) is 9.47. The Morgan fingerprint density at radius 3 is 2.34 bits per heavy atom. The van der Waals surface area contributed by atoms with Gasteiger partial charge in [0, 0.05) is 37.8 Å². The van der Waals surface area contributed by atoms with Gasteiger partial charge in [-0.05, 0) is 50.5 Å². The standard InChI is InChI=1S/C24H25F3N6O2/c1-14-10-19(12-29-22(14)17-6-8-32(9-7-17)16(3)34)31-23(35)20-13-30-33(15(20)2)21-5-4-18(11-28-21)24(25,26)27/h4-5,10-13,17H,6-9H2,1-3H3,(H,31,35). The van der Waals surface area contributed by atoms with Crippen LogP contribution in [0, 0.1) is 13.8 Å². The number of aromatic nitrogens is 4. The van der Waals surface area contributed by atoms with Gasteiger partial charge in [-0.25, -0.2) is 9.67 Å². The van der Waals surface area contributed by atoms with Crippen molar-refractivity contribution < 1.29 is 22.8 Å². The van der Waals surface area contributed by atoms with Crippen LogP contribution in [0.2, 0.25) is 0 Å². The molecular formula is C24H25F3N6O2. The molecular weight excluding hydrogens is 461 g/mol. The van der Waals surface area contributed by atoms with Crippen molar-refractivity contribution in [2.24, 2.45) is 0 Å². The van der Waals surface area contributed by atoms with Crippen molar-refractivity contribution in [1.82, 2.24) is 24.6 Å². The van der Waals surface area contributed by atoms with Gasteiger partial charge >= 0.3 is 6.18 Å². The molecule has 1 aliphatic heterocycles. The number of nitrogens with zero attached hydrogens (tertiary/aromatic N) is 5. The molecule has 2 amide bonds. The number of aryl methyl sites for hydroxylation is 1. The first-order valence-corrected chi connectivity index (χ1v) is 11.2. The number of hydrogen-bond acceptors (Lipinski definition) is 5. The topological polar surface area (TPSA) is 93.0 Å². The first kappa shape index (κ1) is 24.4. The molecule has 35 heavy (non-hydrogen) atoms. The number of alkyl halides is 3. The minimum atomic E-state index is -4.48. The summed E-state index contributed by atoms with van der Waals surface area (Å²) in [5.74, 6) is 0.0996. The van der Waals surface area contributed by atoms with Crippen LogP contribution in [-0.4, -0.2) is 49.6 Å². The van der Waals surface area contributed by atoms with E-state index in [0.717, 1.165) is 36.4 Å². The number of nitrogens with one attached hydrogen (secondary N) is 1. The lowest BCUT2D eigenvalue weighted by Crippen LogP contribution is -2.36. The summed E-state index contributed by atoms with van der Waals surface area (Å²) in [5, 5.41) is 6.93. The summed E-state index contributed by atoms with van der Waals surface area (Å²) in [7, 11) is 0. The van der Waals surface area contributed by atoms with Crippen molar-refractivity contribution in [3.05, 3.63) is 64.9 Å². The van der Waals surface area contributed by atoms with E-state index in [9.17, 15) is 22.8 Å². The third-order valence-electron chi connectivity index (χ3n) is 6.25. The summed E-state index contributed by atoms with van der Waals surface area (Å²) >= 11 is 0. The Labute approximate surface area is 200 Å². The van der Waals surface area contributed by atoms with Gasteiger partial charge in [-0.3, -0.25) is 14.6 Å². The third kappa shape index (κ3) is 5.18. The summed E-state index contributed by atoms with van der Waals surface area (Å²) in [6.45, 7) is 6.57. The smallest absolute Gasteiger partial charge is 0.343 e. The molecule has 0 bridgehead atoms. The Bertz CT molecular complexity index is 1250. The van der Waals surface area contributed by atoms with Crippen molar-refractivity contribution in [2.45, 2.75) is 45.7 Å². The molecule has 0 aliphatic carbocycles. The van der Waals surface area contributed by atoms with Gasteiger partial charge in [0.15, 0.2) is 5.82 Å². The minimum Gasteiger partial charge on any atom is -0.343 e. The van der Waals surface area contributed by atoms with Crippen LogP contribution in [-0.2, 0) is 11.0 Å². The largest absolute Gasteiger partial charge is 0.417 e. The average Bonchev–Trinajstić information content (AvgIpc) is 3.20. The molecule has 1 N–H and O–H groups in total. The molecule has 1 aliphatic rings. The first-order chi connectivity index (χ1) is 16.5. The minimum absolute atomic E-state index is 0.0823. The predicted molar refractivity (Wildman–Crippen MR) is 122 cm³/mol. The normalized spacial score (nSPS) is 14.7. The van der Waals surface area contributed by atoms with Gasteiger partial charge in [-0.1, -0.05) is 0 Å². The lowest BCUT2D eigenvalue weighted by Gasteiger charge is -2.31. The average molecular weight is 486 g/mol. The Morgan fingerprint density at radius 1 is 1.06 bits per heavy atom. The molecule has 8 nitrogen and oxygen atoms in total. The molecule has 0 atom stereocenters. The number of carbonyl (C=O) groups is 2. The molecule has 1 saturated heterocycles. The van der Waals surface area contributed by atoms with Crippen LogP contribution in [0.1, 0.15) is 58.6 Å². The zero-order valence-electron chi connectivity index (χ0n) is 19.6. The lowest BCUT2D eigenvalue weighted by atomic mass is 9.90. The van der Waals surface area contributed by atoms with Gasteiger partial charge in [0.05, 0.1) is 34.9 Å². The van der Waals surface area contributed by atoms with E-state index in [1.54, 1.807) is 20.0 Å². The number of likely N-dealkylation sites (tertiary alicyclic amines) is 1. The highest BCUT2D eigenvalue weighted by atomic mass is 19.4. The molecule has 0 aromatic carbocycles. The molecule has 4 heterocycles. The highest BCUT2D eigenvalue weighted by Gasteiger charge is 2.31. The fourth-order valence-corrected chi connectivity index (χ4v) is 4.29. The van der Waals surface area contributed by atoms with E-state index in [-0.39, 0.29) is 23.2 Å². The number of halogens is 3. The van der Waals surface area contributed by atoms with E-state index in [4.69, 9.17) is 0 Å². The maximum absolute atomic E-state index is 12.9. The van der Waals surface area contributed by atoms with Gasteiger partial charge < -0.3 is 10.2 Å². The first-order valence-electron chi connectivity index (χ1n) is 11.2. The number of pyridine rings is 2. The molecule has 3 aromatic heterocycles. The van der Waals surface area contributed by atoms with Gasteiger partial charge in [0.25, 0.3) is 5.91 Å². The number of amides is 2. The molecule has 3 aromatic rings. The summed E-state index contributed by atoms with van der Waals surface area (Å²) < 4.78 is 39.7. The fourth-order valence-electron chi connectivity index (χ4n) is 4.29. The third-order valence-corrected chi connectivity index (χ3v) is 6.25. The molecule has 1 fully saturated rings. The summed E-state index contributed by atoms with van der Waals surface area (Å²) in [4.78, 5) is 34.7. The summed E-state index contributed by atoms with van der Waals surface area (Å²) in [6, 6.07) is 3.98. The van der Waals surface area contributed by atoms with Crippen LogP contribution in [0.5, 0.6) is 0 Å². The Balaban J connectivity index is 1.45. The lowest BCUT2D eigenvalue weighted by molar-refractivity contribution is -0.137. The van der Waals surface area contributed by atoms with Crippen molar-refractivity contribution in [2.75, 3.05) is 18.4 Å². The Kier molecular flexibility index (Phi) is 6.60. The van der Waals surface area contributed by atoms with Crippen LogP contribution in [0.3, 0.4) is 0 Å². The molecule has 4 rings (SSSR count). The van der Waals surface area contributed by atoms with E-state index in [1.807, 2.05) is 17.9 Å². The van der Waals surface area contributed by atoms with Gasteiger partial charge in [0.1, 0.15) is 0 Å². The fraction of sp³-hybridized carbons (Fsp3) is 0.375. The molecule has 0 radical (unpaired) electrons. The number of piperidine rings is 1. The summed E-state index contributed by atoms with van der Waals surface area (Å²) in [6.07, 6.45) is 0.890. The Hall–Kier alpha value is -3.76. The second-order valence-electron chi connectivity index (χ2n) is 8.62. The highest BCUT2D eigenvalue weighted by molar-refractivity contribution is 6.04. The van der Waals surface area contributed by atoms with E-state index in [1.165, 1.54) is 16.9 Å². The quantitative estimate of drug-likeness (QED) is 0.594. The predicted octanol–water partition coefficient (Wildman–Crippen LogP) is 4.28. The molecule has 0 spiro atoms. The SMILES string of the molecule is CC(=O)N1CCC(c2ncc(NC(=O)c3cnn(-c4ccc(C(F)(F)F)cn4)c3C)cc2C)CC1. The number of rotatable bonds is 4. The number of anilines is 1. The summed E-state index contributed by atoms with van der Waals surface area (Å²) in [5.41, 5.74) is 2.28. The highest BCUT2D eigenvalue weighted by Crippen LogP contribution is 2.30. The monoisotopic (exact) mass is 486 g/mol. The van der Waals surface area contributed by atoms with Gasteiger partial charge in [-0.2, -0.15) is 18.3 Å². The number of carbonyl (C=O) groups excluding carboxylic acids is 2. The van der Waals surface area contributed by atoms with E-state index >= 15 is 0 Å². The van der Waals surface area contributed by atoms with Crippen LogP contribution in [0.15, 0.2) is 36.8 Å². The van der Waals surface area contributed by atoms with Crippen molar-refractivity contribution in [3.63, 3.8) is 0 Å². The van der Waals surface area contributed by atoms with Crippen molar-refractivity contribution >= 4 is 17.5 Å². The molecule has 0 saturated carbocycles. The number of hydrogen-bond donors (Lipinski definition) is 1. The van der Waals surface area contributed by atoms with Crippen LogP contribution in [0.4, 0.5) is 18.9 Å². The van der Waals surface area contributed by atoms with Crippen LogP contribution >= 0.6 is 0 Å². The van der Waals surface area contributed by atoms with Crippen molar-refractivity contribution in [1.29, 1.82) is 0 Å².